The fourth-order valence-electron chi connectivity index (χ4n) is 2.05. The Hall–Kier alpha value is -0.240. The Morgan fingerprint density at radius 2 is 2.00 bits per heavy atom. The molecule has 88 valence electrons. The SMILES string of the molecule is Cc1cc(Cl)c(C(Cl)C2CCOC2)cc1C. The number of hydrogen-bond donors (Lipinski definition) is 0. The zero-order valence-electron chi connectivity index (χ0n) is 9.59. The molecule has 0 N–H and O–H groups in total. The van der Waals surface area contributed by atoms with E-state index in [4.69, 9.17) is 27.9 Å². The van der Waals surface area contributed by atoms with Crippen molar-refractivity contribution in [1.82, 2.24) is 0 Å². The average molecular weight is 259 g/mol. The van der Waals surface area contributed by atoms with E-state index >= 15 is 0 Å². The van der Waals surface area contributed by atoms with E-state index in [1.807, 2.05) is 6.07 Å². The van der Waals surface area contributed by atoms with Crippen molar-refractivity contribution in [2.45, 2.75) is 25.6 Å². The minimum Gasteiger partial charge on any atom is -0.381 e. The molecule has 1 aliphatic heterocycles. The van der Waals surface area contributed by atoms with Gasteiger partial charge in [0, 0.05) is 17.5 Å². The molecule has 2 unspecified atom stereocenters. The van der Waals surface area contributed by atoms with Crippen molar-refractivity contribution in [3.8, 4) is 0 Å². The highest BCUT2D eigenvalue weighted by molar-refractivity contribution is 6.33. The second-order valence-corrected chi connectivity index (χ2v) is 5.36. The van der Waals surface area contributed by atoms with E-state index in [1.54, 1.807) is 0 Å². The van der Waals surface area contributed by atoms with Gasteiger partial charge in [-0.25, -0.2) is 0 Å². The van der Waals surface area contributed by atoms with Crippen LogP contribution in [0.2, 0.25) is 5.02 Å². The molecule has 2 rings (SSSR count). The van der Waals surface area contributed by atoms with Gasteiger partial charge in [-0.3, -0.25) is 0 Å². The molecule has 0 spiro atoms. The summed E-state index contributed by atoms with van der Waals surface area (Å²) in [6.45, 7) is 5.71. The molecule has 1 aromatic rings. The predicted octanol–water partition coefficient (Wildman–Crippen LogP) is 4.27. The summed E-state index contributed by atoms with van der Waals surface area (Å²) in [5.74, 6) is 0.390. The van der Waals surface area contributed by atoms with E-state index in [-0.39, 0.29) is 5.38 Å². The van der Waals surface area contributed by atoms with Crippen molar-refractivity contribution in [3.63, 3.8) is 0 Å². The lowest BCUT2D eigenvalue weighted by molar-refractivity contribution is 0.185. The van der Waals surface area contributed by atoms with Gasteiger partial charge in [0.1, 0.15) is 0 Å². The van der Waals surface area contributed by atoms with Crippen LogP contribution >= 0.6 is 23.2 Å². The van der Waals surface area contributed by atoms with E-state index in [2.05, 4.69) is 19.9 Å². The van der Waals surface area contributed by atoms with Crippen molar-refractivity contribution in [3.05, 3.63) is 33.8 Å². The van der Waals surface area contributed by atoms with E-state index in [1.165, 1.54) is 11.1 Å². The summed E-state index contributed by atoms with van der Waals surface area (Å²) in [6, 6.07) is 4.10. The predicted molar refractivity (Wildman–Crippen MR) is 68.4 cm³/mol. The molecule has 0 saturated carbocycles. The number of alkyl halides is 1. The summed E-state index contributed by atoms with van der Waals surface area (Å²) in [6.07, 6.45) is 1.03. The summed E-state index contributed by atoms with van der Waals surface area (Å²) in [5, 5.41) is 0.740. The van der Waals surface area contributed by atoms with Gasteiger partial charge in [-0.15, -0.1) is 11.6 Å². The molecule has 2 atom stereocenters. The van der Waals surface area contributed by atoms with Crippen LogP contribution in [0.5, 0.6) is 0 Å². The van der Waals surface area contributed by atoms with Crippen LogP contribution in [0.25, 0.3) is 0 Å². The van der Waals surface area contributed by atoms with Gasteiger partial charge in [-0.1, -0.05) is 17.7 Å². The Morgan fingerprint density at radius 1 is 1.31 bits per heavy atom. The summed E-state index contributed by atoms with van der Waals surface area (Å²) in [5.41, 5.74) is 3.49. The zero-order chi connectivity index (χ0) is 11.7. The monoisotopic (exact) mass is 258 g/mol. The maximum atomic E-state index is 6.48. The van der Waals surface area contributed by atoms with Gasteiger partial charge >= 0.3 is 0 Å². The summed E-state index contributed by atoms with van der Waals surface area (Å²) in [7, 11) is 0. The lowest BCUT2D eigenvalue weighted by Crippen LogP contribution is -2.08. The van der Waals surface area contributed by atoms with Crippen LogP contribution in [0.1, 0.15) is 28.5 Å². The largest absolute Gasteiger partial charge is 0.381 e. The second kappa shape index (κ2) is 4.95. The van der Waals surface area contributed by atoms with Crippen molar-refractivity contribution in [2.24, 2.45) is 5.92 Å². The first kappa shape index (κ1) is 12.2. The Labute approximate surface area is 107 Å². The molecule has 1 saturated heterocycles. The highest BCUT2D eigenvalue weighted by Crippen LogP contribution is 2.38. The number of ether oxygens (including phenoxy) is 1. The number of benzene rings is 1. The molecule has 1 aliphatic rings. The maximum Gasteiger partial charge on any atom is 0.0650 e. The molecule has 3 heteroatoms. The van der Waals surface area contributed by atoms with Gasteiger partial charge in [-0.2, -0.15) is 0 Å². The standard InChI is InChI=1S/C13H16Cl2O/c1-8-5-11(12(14)6-9(8)2)13(15)10-3-4-16-7-10/h5-6,10,13H,3-4,7H2,1-2H3. The van der Waals surface area contributed by atoms with Crippen LogP contribution in [-0.2, 0) is 4.74 Å². The van der Waals surface area contributed by atoms with E-state index in [0.717, 1.165) is 30.2 Å². The Bertz CT molecular complexity index is 384. The Morgan fingerprint density at radius 3 is 2.62 bits per heavy atom. The molecule has 1 heterocycles. The van der Waals surface area contributed by atoms with E-state index in [9.17, 15) is 0 Å². The number of hydrogen-bond acceptors (Lipinski definition) is 1. The average Bonchev–Trinajstić information content (AvgIpc) is 2.75. The molecular formula is C13H16Cl2O. The van der Waals surface area contributed by atoms with Crippen LogP contribution in [0.15, 0.2) is 12.1 Å². The summed E-state index contributed by atoms with van der Waals surface area (Å²) in [4.78, 5) is 0. The van der Waals surface area contributed by atoms with Crippen molar-refractivity contribution in [1.29, 1.82) is 0 Å². The van der Waals surface area contributed by atoms with Crippen LogP contribution in [0.3, 0.4) is 0 Å². The van der Waals surface area contributed by atoms with Crippen LogP contribution < -0.4 is 0 Å². The minimum absolute atomic E-state index is 0.0331. The van der Waals surface area contributed by atoms with Gasteiger partial charge in [0.05, 0.1) is 12.0 Å². The van der Waals surface area contributed by atoms with Gasteiger partial charge in [0.2, 0.25) is 0 Å². The first-order chi connectivity index (χ1) is 7.59. The molecule has 0 aromatic heterocycles. The summed E-state index contributed by atoms with van der Waals surface area (Å²) < 4.78 is 5.37. The normalized spacial score (nSPS) is 22.4. The fourth-order valence-corrected chi connectivity index (χ4v) is 2.82. The quantitative estimate of drug-likeness (QED) is 0.720. The first-order valence-electron chi connectivity index (χ1n) is 5.58. The van der Waals surface area contributed by atoms with E-state index < -0.39 is 0 Å². The molecular weight excluding hydrogens is 243 g/mol. The van der Waals surface area contributed by atoms with Gasteiger partial charge < -0.3 is 4.74 Å². The van der Waals surface area contributed by atoms with Crippen LogP contribution in [0, 0.1) is 19.8 Å². The number of rotatable bonds is 2. The molecule has 0 radical (unpaired) electrons. The number of halogens is 2. The first-order valence-corrected chi connectivity index (χ1v) is 6.39. The van der Waals surface area contributed by atoms with Crippen LogP contribution in [0.4, 0.5) is 0 Å². The molecule has 1 aromatic carbocycles. The molecule has 0 aliphatic carbocycles. The molecule has 0 bridgehead atoms. The van der Waals surface area contributed by atoms with E-state index in [0.29, 0.717) is 5.92 Å². The highest BCUT2D eigenvalue weighted by atomic mass is 35.5. The third kappa shape index (κ3) is 2.37. The third-order valence-electron chi connectivity index (χ3n) is 3.29. The zero-order valence-corrected chi connectivity index (χ0v) is 11.1. The fraction of sp³-hybridized carbons (Fsp3) is 0.538. The number of aryl methyl sites for hydroxylation is 2. The maximum absolute atomic E-state index is 6.48. The van der Waals surface area contributed by atoms with Crippen molar-refractivity contribution < 1.29 is 4.74 Å². The molecule has 16 heavy (non-hydrogen) atoms. The lowest BCUT2D eigenvalue weighted by Gasteiger charge is -2.18. The third-order valence-corrected chi connectivity index (χ3v) is 4.21. The Kier molecular flexibility index (Phi) is 3.78. The van der Waals surface area contributed by atoms with Gasteiger partial charge in [0.15, 0.2) is 0 Å². The molecule has 0 amide bonds. The van der Waals surface area contributed by atoms with Crippen LogP contribution in [-0.4, -0.2) is 13.2 Å². The lowest BCUT2D eigenvalue weighted by atomic mass is 9.95. The molecule has 1 fully saturated rings. The van der Waals surface area contributed by atoms with Crippen molar-refractivity contribution >= 4 is 23.2 Å². The summed E-state index contributed by atoms with van der Waals surface area (Å²) >= 11 is 12.7. The molecule has 1 nitrogen and oxygen atoms in total. The second-order valence-electron chi connectivity index (χ2n) is 4.48. The Balaban J connectivity index is 2.28. The smallest absolute Gasteiger partial charge is 0.0650 e. The van der Waals surface area contributed by atoms with Gasteiger partial charge in [0.25, 0.3) is 0 Å². The highest BCUT2D eigenvalue weighted by Gasteiger charge is 2.27. The van der Waals surface area contributed by atoms with Gasteiger partial charge in [-0.05, 0) is 43.0 Å². The minimum atomic E-state index is -0.0331. The van der Waals surface area contributed by atoms with Crippen molar-refractivity contribution in [2.75, 3.05) is 13.2 Å². The topological polar surface area (TPSA) is 9.23 Å².